The predicted octanol–water partition coefficient (Wildman–Crippen LogP) is 0.214. The first-order valence-corrected chi connectivity index (χ1v) is 5.36. The fourth-order valence-electron chi connectivity index (χ4n) is 2.79. The van der Waals surface area contributed by atoms with Crippen molar-refractivity contribution in [3.63, 3.8) is 0 Å². The van der Waals surface area contributed by atoms with E-state index in [1.807, 2.05) is 0 Å². The molecule has 76 valence electrons. The van der Waals surface area contributed by atoms with Crippen molar-refractivity contribution in [3.8, 4) is 0 Å². The van der Waals surface area contributed by atoms with Crippen LogP contribution in [-0.2, 0) is 0 Å². The van der Waals surface area contributed by atoms with Crippen LogP contribution in [0.4, 0.5) is 0 Å². The van der Waals surface area contributed by atoms with Crippen LogP contribution in [0.3, 0.4) is 0 Å². The summed E-state index contributed by atoms with van der Waals surface area (Å²) < 4.78 is 0. The molecule has 2 saturated heterocycles. The van der Waals surface area contributed by atoms with E-state index >= 15 is 0 Å². The van der Waals surface area contributed by atoms with Crippen molar-refractivity contribution >= 4 is 0 Å². The lowest BCUT2D eigenvalue weighted by molar-refractivity contribution is -0.0522. The second-order valence-electron chi connectivity index (χ2n) is 4.30. The SMILES string of the molecule is OC[C@@H]1[C@H]2CCCCN2CC[C@@H]1O. The van der Waals surface area contributed by atoms with Crippen LogP contribution >= 0.6 is 0 Å². The van der Waals surface area contributed by atoms with Crippen LogP contribution in [0.5, 0.6) is 0 Å². The summed E-state index contributed by atoms with van der Waals surface area (Å²) >= 11 is 0. The third-order valence-electron chi connectivity index (χ3n) is 3.58. The number of nitrogens with zero attached hydrogens (tertiary/aromatic N) is 1. The van der Waals surface area contributed by atoms with Crippen molar-refractivity contribution in [2.75, 3.05) is 19.7 Å². The van der Waals surface area contributed by atoms with E-state index in [0.29, 0.717) is 6.04 Å². The van der Waals surface area contributed by atoms with Gasteiger partial charge in [0.25, 0.3) is 0 Å². The van der Waals surface area contributed by atoms with Crippen molar-refractivity contribution in [2.24, 2.45) is 5.92 Å². The Morgan fingerprint density at radius 2 is 2.00 bits per heavy atom. The van der Waals surface area contributed by atoms with Gasteiger partial charge in [-0.1, -0.05) is 6.42 Å². The Bertz CT molecular complexity index is 174. The molecular weight excluding hydrogens is 166 g/mol. The standard InChI is InChI=1S/C10H19NO2/c12-7-8-9-3-1-2-5-11(9)6-4-10(8)13/h8-10,12-13H,1-7H2/t8-,9-,10+/m1/s1. The summed E-state index contributed by atoms with van der Waals surface area (Å²) in [7, 11) is 0. The summed E-state index contributed by atoms with van der Waals surface area (Å²) in [6.07, 6.45) is 4.25. The molecule has 0 aromatic carbocycles. The molecule has 0 spiro atoms. The minimum atomic E-state index is -0.274. The van der Waals surface area contributed by atoms with Crippen molar-refractivity contribution in [1.82, 2.24) is 4.90 Å². The van der Waals surface area contributed by atoms with Crippen LogP contribution in [0.2, 0.25) is 0 Å². The Morgan fingerprint density at radius 1 is 1.15 bits per heavy atom. The smallest absolute Gasteiger partial charge is 0.0617 e. The largest absolute Gasteiger partial charge is 0.396 e. The van der Waals surface area contributed by atoms with Gasteiger partial charge in [0, 0.05) is 25.1 Å². The van der Waals surface area contributed by atoms with Crippen LogP contribution < -0.4 is 0 Å². The molecule has 3 heteroatoms. The van der Waals surface area contributed by atoms with Crippen molar-refractivity contribution < 1.29 is 10.2 Å². The number of hydrogen-bond donors (Lipinski definition) is 2. The summed E-state index contributed by atoms with van der Waals surface area (Å²) in [6.45, 7) is 2.32. The molecule has 0 aromatic heterocycles. The van der Waals surface area contributed by atoms with Gasteiger partial charge < -0.3 is 10.2 Å². The minimum absolute atomic E-state index is 0.106. The van der Waals surface area contributed by atoms with Crippen LogP contribution in [0.15, 0.2) is 0 Å². The van der Waals surface area contributed by atoms with E-state index in [2.05, 4.69) is 4.90 Å². The number of hydrogen-bond acceptors (Lipinski definition) is 3. The fourth-order valence-corrected chi connectivity index (χ4v) is 2.79. The Kier molecular flexibility index (Phi) is 2.86. The molecule has 3 nitrogen and oxygen atoms in total. The predicted molar refractivity (Wildman–Crippen MR) is 50.4 cm³/mol. The first-order chi connectivity index (χ1) is 6.33. The number of aliphatic hydroxyl groups excluding tert-OH is 2. The molecular formula is C10H19NO2. The molecule has 2 heterocycles. The molecule has 0 aliphatic carbocycles. The summed E-state index contributed by atoms with van der Waals surface area (Å²) in [5.41, 5.74) is 0. The van der Waals surface area contributed by atoms with Gasteiger partial charge in [-0.3, -0.25) is 4.90 Å². The van der Waals surface area contributed by atoms with E-state index in [1.54, 1.807) is 0 Å². The first kappa shape index (κ1) is 9.44. The van der Waals surface area contributed by atoms with E-state index < -0.39 is 0 Å². The molecule has 0 unspecified atom stereocenters. The maximum absolute atomic E-state index is 9.72. The van der Waals surface area contributed by atoms with Gasteiger partial charge in [0.2, 0.25) is 0 Å². The summed E-state index contributed by atoms with van der Waals surface area (Å²) in [6, 6.07) is 0.447. The third-order valence-corrected chi connectivity index (χ3v) is 3.58. The van der Waals surface area contributed by atoms with E-state index in [9.17, 15) is 10.2 Å². The zero-order chi connectivity index (χ0) is 9.26. The van der Waals surface area contributed by atoms with Gasteiger partial charge in [0.1, 0.15) is 0 Å². The van der Waals surface area contributed by atoms with Crippen molar-refractivity contribution in [3.05, 3.63) is 0 Å². The van der Waals surface area contributed by atoms with Crippen LogP contribution in [0, 0.1) is 5.92 Å². The Balaban J connectivity index is 2.04. The zero-order valence-electron chi connectivity index (χ0n) is 8.02. The highest BCUT2D eigenvalue weighted by molar-refractivity contribution is 4.91. The highest BCUT2D eigenvalue weighted by Crippen LogP contribution is 2.30. The van der Waals surface area contributed by atoms with Gasteiger partial charge >= 0.3 is 0 Å². The topological polar surface area (TPSA) is 43.7 Å². The molecule has 0 bridgehead atoms. The molecule has 0 amide bonds. The Labute approximate surface area is 79.4 Å². The first-order valence-electron chi connectivity index (χ1n) is 5.36. The van der Waals surface area contributed by atoms with Crippen molar-refractivity contribution in [2.45, 2.75) is 37.8 Å². The summed E-state index contributed by atoms with van der Waals surface area (Å²) in [5, 5.41) is 18.9. The molecule has 2 aliphatic heterocycles. The molecule has 2 aliphatic rings. The van der Waals surface area contributed by atoms with Gasteiger partial charge in [-0.2, -0.15) is 0 Å². The van der Waals surface area contributed by atoms with E-state index in [-0.39, 0.29) is 18.6 Å². The van der Waals surface area contributed by atoms with Gasteiger partial charge in [0.05, 0.1) is 6.10 Å². The maximum Gasteiger partial charge on any atom is 0.0617 e. The van der Waals surface area contributed by atoms with Gasteiger partial charge in [-0.25, -0.2) is 0 Å². The van der Waals surface area contributed by atoms with E-state index in [1.165, 1.54) is 12.8 Å². The zero-order valence-corrected chi connectivity index (χ0v) is 8.02. The lowest BCUT2D eigenvalue weighted by Crippen LogP contribution is -2.54. The molecule has 13 heavy (non-hydrogen) atoms. The average molecular weight is 185 g/mol. The molecule has 2 rings (SSSR count). The van der Waals surface area contributed by atoms with Gasteiger partial charge in [-0.15, -0.1) is 0 Å². The van der Waals surface area contributed by atoms with E-state index in [4.69, 9.17) is 0 Å². The normalized spacial score (nSPS) is 41.5. The highest BCUT2D eigenvalue weighted by atomic mass is 16.3. The molecule has 0 saturated carbocycles. The minimum Gasteiger partial charge on any atom is -0.396 e. The Hall–Kier alpha value is -0.120. The number of piperidine rings is 2. The average Bonchev–Trinajstić information content (AvgIpc) is 2.18. The highest BCUT2D eigenvalue weighted by Gasteiger charge is 2.37. The monoisotopic (exact) mass is 185 g/mol. The number of aliphatic hydroxyl groups is 2. The van der Waals surface area contributed by atoms with Gasteiger partial charge in [0.15, 0.2) is 0 Å². The van der Waals surface area contributed by atoms with Crippen molar-refractivity contribution in [1.29, 1.82) is 0 Å². The molecule has 0 aromatic rings. The van der Waals surface area contributed by atoms with Gasteiger partial charge in [-0.05, 0) is 25.8 Å². The molecule has 3 atom stereocenters. The second-order valence-corrected chi connectivity index (χ2v) is 4.30. The number of fused-ring (bicyclic) bond motifs is 1. The molecule has 2 N–H and O–H groups in total. The fraction of sp³-hybridized carbons (Fsp3) is 1.00. The number of rotatable bonds is 1. The molecule has 0 radical (unpaired) electrons. The quantitative estimate of drug-likeness (QED) is 0.614. The lowest BCUT2D eigenvalue weighted by atomic mass is 9.82. The summed E-state index contributed by atoms with van der Waals surface area (Å²) in [4.78, 5) is 2.44. The van der Waals surface area contributed by atoms with Crippen LogP contribution in [0.1, 0.15) is 25.7 Å². The van der Waals surface area contributed by atoms with Crippen LogP contribution in [-0.4, -0.2) is 47.0 Å². The third kappa shape index (κ3) is 1.73. The lowest BCUT2D eigenvalue weighted by Gasteiger charge is -2.45. The second kappa shape index (κ2) is 3.95. The summed E-state index contributed by atoms with van der Waals surface area (Å²) in [5.74, 6) is 0.106. The Morgan fingerprint density at radius 3 is 2.77 bits per heavy atom. The maximum atomic E-state index is 9.72. The van der Waals surface area contributed by atoms with E-state index in [0.717, 1.165) is 25.9 Å². The van der Waals surface area contributed by atoms with Crippen LogP contribution in [0.25, 0.3) is 0 Å². The molecule has 2 fully saturated rings.